The highest BCUT2D eigenvalue weighted by Crippen LogP contribution is 2.25. The van der Waals surface area contributed by atoms with Gasteiger partial charge in [-0.1, -0.05) is 45.4 Å². The summed E-state index contributed by atoms with van der Waals surface area (Å²) in [6, 6.07) is 4.97. The van der Waals surface area contributed by atoms with Crippen molar-refractivity contribution in [3.05, 3.63) is 23.8 Å². The van der Waals surface area contributed by atoms with Crippen molar-refractivity contribution in [1.29, 1.82) is 0 Å². The van der Waals surface area contributed by atoms with Gasteiger partial charge in [0.05, 0.1) is 12.2 Å². The van der Waals surface area contributed by atoms with Crippen LogP contribution in [0.4, 0.5) is 0 Å². The molecule has 0 saturated heterocycles. The molecule has 0 amide bonds. The molecule has 1 aromatic carbocycles. The number of unbranched alkanes of at least 4 members (excludes halogenated alkanes) is 6. The van der Waals surface area contributed by atoms with Gasteiger partial charge in [-0.05, 0) is 32.6 Å². The first-order valence-electron chi connectivity index (χ1n) is 9.18. The molecule has 0 saturated carbocycles. The van der Waals surface area contributed by atoms with Crippen LogP contribution in [0.15, 0.2) is 18.2 Å². The Bertz CT molecular complexity index is 486. The fourth-order valence-corrected chi connectivity index (χ4v) is 2.55. The number of benzene rings is 1. The van der Waals surface area contributed by atoms with Crippen LogP contribution in [0.2, 0.25) is 0 Å². The Kier molecular flexibility index (Phi) is 10.2. The van der Waals surface area contributed by atoms with Gasteiger partial charge in [0.2, 0.25) is 0 Å². The zero-order valence-electron chi connectivity index (χ0n) is 15.5. The van der Waals surface area contributed by atoms with Gasteiger partial charge in [0.1, 0.15) is 11.5 Å². The van der Waals surface area contributed by atoms with Crippen molar-refractivity contribution in [3.63, 3.8) is 0 Å². The molecule has 0 aromatic heterocycles. The fourth-order valence-electron chi connectivity index (χ4n) is 2.55. The largest absolute Gasteiger partial charge is 0.507 e. The number of hydrogen-bond donors (Lipinski definition) is 1. The van der Waals surface area contributed by atoms with Crippen LogP contribution in [-0.4, -0.2) is 43.0 Å². The van der Waals surface area contributed by atoms with Crippen molar-refractivity contribution in [2.24, 2.45) is 0 Å². The lowest BCUT2D eigenvalue weighted by molar-refractivity contribution is 0.0970. The number of rotatable bonds is 13. The maximum Gasteiger partial charge on any atom is 0.167 e. The minimum absolute atomic E-state index is 0.0100. The number of Topliss-reactive ketones (excluding diaryl/α,β-unsaturated/α-hetero) is 1. The Morgan fingerprint density at radius 1 is 1.08 bits per heavy atom. The predicted octanol–water partition coefficient (Wildman–Crippen LogP) is 4.66. The highest BCUT2D eigenvalue weighted by atomic mass is 16.5. The van der Waals surface area contributed by atoms with Crippen molar-refractivity contribution in [2.45, 2.75) is 58.3 Å². The monoisotopic (exact) mass is 335 g/mol. The van der Waals surface area contributed by atoms with Gasteiger partial charge in [0.15, 0.2) is 5.78 Å². The lowest BCUT2D eigenvalue weighted by atomic mass is 10.1. The second-order valence-electron chi connectivity index (χ2n) is 6.63. The molecule has 136 valence electrons. The summed E-state index contributed by atoms with van der Waals surface area (Å²) < 4.78 is 5.67. The van der Waals surface area contributed by atoms with Crippen LogP contribution < -0.4 is 4.74 Å². The molecular formula is C20H33NO3. The summed E-state index contributed by atoms with van der Waals surface area (Å²) in [6.45, 7) is 3.56. The van der Waals surface area contributed by atoms with Crippen LogP contribution in [0.5, 0.6) is 11.5 Å². The number of nitrogens with zero attached hydrogens (tertiary/aromatic N) is 1. The molecule has 1 rings (SSSR count). The normalized spacial score (nSPS) is 11.0. The van der Waals surface area contributed by atoms with Crippen LogP contribution in [0.3, 0.4) is 0 Å². The predicted molar refractivity (Wildman–Crippen MR) is 99.1 cm³/mol. The van der Waals surface area contributed by atoms with Gasteiger partial charge >= 0.3 is 0 Å². The van der Waals surface area contributed by atoms with E-state index >= 15 is 0 Å². The molecular weight excluding hydrogens is 302 g/mol. The molecule has 0 aliphatic heterocycles. The Morgan fingerprint density at radius 2 is 1.75 bits per heavy atom. The molecule has 0 unspecified atom stereocenters. The zero-order valence-corrected chi connectivity index (χ0v) is 15.5. The van der Waals surface area contributed by atoms with Crippen LogP contribution in [0, 0.1) is 0 Å². The number of carbonyl (C=O) groups is 1. The molecule has 0 heterocycles. The quantitative estimate of drug-likeness (QED) is 0.421. The lowest BCUT2D eigenvalue weighted by Gasteiger charge is -2.11. The topological polar surface area (TPSA) is 49.8 Å². The van der Waals surface area contributed by atoms with Gasteiger partial charge in [0, 0.05) is 19.0 Å². The Labute approximate surface area is 146 Å². The zero-order chi connectivity index (χ0) is 17.8. The van der Waals surface area contributed by atoms with Gasteiger partial charge < -0.3 is 14.7 Å². The van der Waals surface area contributed by atoms with E-state index in [9.17, 15) is 9.90 Å². The molecule has 24 heavy (non-hydrogen) atoms. The Balaban J connectivity index is 2.30. The molecule has 1 N–H and O–H groups in total. The molecule has 0 atom stereocenters. The van der Waals surface area contributed by atoms with E-state index in [1.54, 1.807) is 18.2 Å². The van der Waals surface area contributed by atoms with Crippen LogP contribution in [0.25, 0.3) is 0 Å². The number of phenols is 1. The maximum atomic E-state index is 12.1. The van der Waals surface area contributed by atoms with Crippen molar-refractivity contribution < 1.29 is 14.6 Å². The molecule has 0 radical (unpaired) electrons. The molecule has 0 spiro atoms. The minimum Gasteiger partial charge on any atom is -0.507 e. The second kappa shape index (κ2) is 11.9. The van der Waals surface area contributed by atoms with Gasteiger partial charge in [-0.3, -0.25) is 4.79 Å². The molecule has 0 fully saturated rings. The minimum atomic E-state index is -0.0418. The highest BCUT2D eigenvalue weighted by Gasteiger charge is 2.12. The van der Waals surface area contributed by atoms with Gasteiger partial charge in [0.25, 0.3) is 0 Å². The maximum absolute atomic E-state index is 12.1. The van der Waals surface area contributed by atoms with Gasteiger partial charge in [-0.2, -0.15) is 0 Å². The third kappa shape index (κ3) is 8.34. The van der Waals surface area contributed by atoms with Crippen molar-refractivity contribution in [1.82, 2.24) is 4.90 Å². The Morgan fingerprint density at radius 3 is 2.38 bits per heavy atom. The van der Waals surface area contributed by atoms with E-state index in [4.69, 9.17) is 4.74 Å². The molecule has 0 bridgehead atoms. The SMILES string of the molecule is CCCCCCCCCOc1ccc(C(=O)CCN(C)C)c(O)c1. The summed E-state index contributed by atoms with van der Waals surface area (Å²) in [5.74, 6) is 0.596. The molecule has 4 nitrogen and oxygen atoms in total. The average Bonchev–Trinajstić information content (AvgIpc) is 2.55. The molecule has 1 aromatic rings. The summed E-state index contributed by atoms with van der Waals surface area (Å²) in [7, 11) is 3.85. The van der Waals surface area contributed by atoms with E-state index in [1.165, 1.54) is 38.5 Å². The van der Waals surface area contributed by atoms with E-state index in [0.29, 0.717) is 30.9 Å². The first-order chi connectivity index (χ1) is 11.5. The van der Waals surface area contributed by atoms with Gasteiger partial charge in [-0.15, -0.1) is 0 Å². The van der Waals surface area contributed by atoms with E-state index in [1.807, 2.05) is 19.0 Å². The molecule has 0 aliphatic carbocycles. The van der Waals surface area contributed by atoms with Crippen molar-refractivity contribution >= 4 is 5.78 Å². The number of aromatic hydroxyl groups is 1. The van der Waals surface area contributed by atoms with E-state index in [-0.39, 0.29) is 11.5 Å². The Hall–Kier alpha value is -1.55. The third-order valence-electron chi connectivity index (χ3n) is 4.07. The van der Waals surface area contributed by atoms with E-state index < -0.39 is 0 Å². The molecule has 4 heteroatoms. The molecule has 0 aliphatic rings. The number of hydrogen-bond acceptors (Lipinski definition) is 4. The smallest absolute Gasteiger partial charge is 0.167 e. The number of carbonyl (C=O) groups excluding carboxylic acids is 1. The van der Waals surface area contributed by atoms with Crippen LogP contribution in [-0.2, 0) is 0 Å². The van der Waals surface area contributed by atoms with E-state index in [0.717, 1.165) is 6.42 Å². The van der Waals surface area contributed by atoms with Gasteiger partial charge in [-0.25, -0.2) is 0 Å². The number of ether oxygens (including phenoxy) is 1. The average molecular weight is 335 g/mol. The summed E-state index contributed by atoms with van der Waals surface area (Å²) in [4.78, 5) is 14.0. The fraction of sp³-hybridized carbons (Fsp3) is 0.650. The lowest BCUT2D eigenvalue weighted by Crippen LogP contribution is -2.16. The first kappa shape index (κ1) is 20.5. The van der Waals surface area contributed by atoms with Crippen molar-refractivity contribution in [2.75, 3.05) is 27.2 Å². The summed E-state index contributed by atoms with van der Waals surface area (Å²) in [5.41, 5.74) is 0.375. The highest BCUT2D eigenvalue weighted by molar-refractivity contribution is 5.98. The number of ketones is 1. The third-order valence-corrected chi connectivity index (χ3v) is 4.07. The standard InChI is InChI=1S/C20H33NO3/c1-4-5-6-7-8-9-10-15-24-17-11-12-18(20(23)16-17)19(22)13-14-21(2)3/h11-12,16,23H,4-10,13-15H2,1-3H3. The van der Waals surface area contributed by atoms with Crippen LogP contribution in [0.1, 0.15) is 68.6 Å². The summed E-state index contributed by atoms with van der Waals surface area (Å²) >= 11 is 0. The summed E-state index contributed by atoms with van der Waals surface area (Å²) in [5, 5.41) is 10.0. The van der Waals surface area contributed by atoms with Crippen LogP contribution >= 0.6 is 0 Å². The summed E-state index contributed by atoms with van der Waals surface area (Å²) in [6.07, 6.45) is 9.10. The van der Waals surface area contributed by atoms with E-state index in [2.05, 4.69) is 6.92 Å². The van der Waals surface area contributed by atoms with Crippen molar-refractivity contribution in [3.8, 4) is 11.5 Å². The first-order valence-corrected chi connectivity index (χ1v) is 9.18. The number of phenolic OH excluding ortho intramolecular Hbond substituents is 1. The second-order valence-corrected chi connectivity index (χ2v) is 6.63.